The van der Waals surface area contributed by atoms with Gasteiger partial charge >= 0.3 is 17.9 Å². The lowest BCUT2D eigenvalue weighted by Gasteiger charge is -2.18. The van der Waals surface area contributed by atoms with Crippen LogP contribution in [0.2, 0.25) is 0 Å². The summed E-state index contributed by atoms with van der Waals surface area (Å²) in [5, 5.41) is 0. The lowest BCUT2D eigenvalue weighted by atomic mass is 10.0. The fraction of sp³-hybridized carbons (Fsp3) is 0.689. The maximum absolute atomic E-state index is 12.8. The van der Waals surface area contributed by atoms with Crippen LogP contribution < -0.4 is 0 Å². The number of carbonyl (C=O) groups is 3. The fourth-order valence-electron chi connectivity index (χ4n) is 7.49. The van der Waals surface area contributed by atoms with Crippen molar-refractivity contribution < 1.29 is 28.6 Å². The first-order valence-electron chi connectivity index (χ1n) is 27.7. The highest BCUT2D eigenvalue weighted by Gasteiger charge is 2.19. The highest BCUT2D eigenvalue weighted by Crippen LogP contribution is 2.15. The smallest absolute Gasteiger partial charge is 0.306 e. The van der Waals surface area contributed by atoms with E-state index in [0.717, 1.165) is 109 Å². The molecule has 0 spiro atoms. The van der Waals surface area contributed by atoms with Crippen molar-refractivity contribution in [1.29, 1.82) is 0 Å². The van der Waals surface area contributed by atoms with Crippen molar-refractivity contribution in [3.05, 3.63) is 97.2 Å². The summed E-state index contributed by atoms with van der Waals surface area (Å²) in [6.07, 6.45) is 72.5. The van der Waals surface area contributed by atoms with Gasteiger partial charge in [-0.25, -0.2) is 0 Å². The summed E-state index contributed by atoms with van der Waals surface area (Å²) in [6.45, 7) is 6.36. The first-order chi connectivity index (χ1) is 33.0. The van der Waals surface area contributed by atoms with Gasteiger partial charge in [0.2, 0.25) is 0 Å². The fourth-order valence-corrected chi connectivity index (χ4v) is 7.49. The van der Waals surface area contributed by atoms with Gasteiger partial charge in [-0.1, -0.05) is 240 Å². The van der Waals surface area contributed by atoms with Crippen molar-refractivity contribution in [2.24, 2.45) is 0 Å². The van der Waals surface area contributed by atoms with Crippen molar-refractivity contribution in [2.75, 3.05) is 13.2 Å². The van der Waals surface area contributed by atoms with Crippen LogP contribution in [0.25, 0.3) is 0 Å². The van der Waals surface area contributed by atoms with Gasteiger partial charge in [0.05, 0.1) is 0 Å². The van der Waals surface area contributed by atoms with Crippen LogP contribution in [0.15, 0.2) is 97.2 Å². The second kappa shape index (κ2) is 54.9. The quantitative estimate of drug-likeness (QED) is 0.0262. The third-order valence-corrected chi connectivity index (χ3v) is 11.6. The van der Waals surface area contributed by atoms with Gasteiger partial charge in [-0.3, -0.25) is 14.4 Å². The highest BCUT2D eigenvalue weighted by atomic mass is 16.6. The molecule has 0 aromatic carbocycles. The zero-order chi connectivity index (χ0) is 48.6. The first-order valence-corrected chi connectivity index (χ1v) is 27.7. The summed E-state index contributed by atoms with van der Waals surface area (Å²) < 4.78 is 16.8. The Morgan fingerprint density at radius 3 is 0.970 bits per heavy atom. The molecular formula is C61H102O6. The summed E-state index contributed by atoms with van der Waals surface area (Å²) in [5.74, 6) is -0.970. The topological polar surface area (TPSA) is 78.9 Å². The monoisotopic (exact) mass is 931 g/mol. The molecule has 0 aliphatic rings. The van der Waals surface area contributed by atoms with Crippen molar-refractivity contribution in [3.8, 4) is 0 Å². The number of rotatable bonds is 49. The Hall–Kier alpha value is -3.67. The van der Waals surface area contributed by atoms with Crippen LogP contribution in [0.4, 0.5) is 0 Å². The molecule has 6 nitrogen and oxygen atoms in total. The van der Waals surface area contributed by atoms with E-state index in [0.29, 0.717) is 19.3 Å². The zero-order valence-electron chi connectivity index (χ0n) is 43.6. The van der Waals surface area contributed by atoms with E-state index in [1.807, 2.05) is 0 Å². The second-order valence-corrected chi connectivity index (χ2v) is 18.1. The standard InChI is InChI=1S/C61H102O6/c1-4-7-10-13-16-19-22-25-28-31-34-36-39-42-45-48-51-54-60(63)66-57-58(67-61(64)55-52-49-46-43-40-37-33-30-27-24-21-18-15-12-9-6-3)56-65-59(62)53-50-47-44-41-38-35-32-29-26-23-20-17-14-11-8-5-2/h7,9-10,12,16,18-19,21,25,27-28,30,34,36,42,45,58H,4-6,8,11,13-15,17,20,22-24,26,29,31-33,35,37-41,43-44,46-57H2,1-3H3/b10-7-,12-9-,19-16-,21-18-,28-25-,30-27-,36-34-,45-42-. The minimum atomic E-state index is -0.807. The number of unbranched alkanes of at least 4 members (excludes halogenated alkanes) is 22. The molecule has 0 amide bonds. The first kappa shape index (κ1) is 63.3. The maximum atomic E-state index is 12.8. The number of ether oxygens (including phenoxy) is 3. The Morgan fingerprint density at radius 2 is 0.597 bits per heavy atom. The Morgan fingerprint density at radius 1 is 0.313 bits per heavy atom. The van der Waals surface area contributed by atoms with Crippen molar-refractivity contribution >= 4 is 17.9 Å². The van der Waals surface area contributed by atoms with Crippen LogP contribution in [-0.2, 0) is 28.6 Å². The molecule has 0 aromatic heterocycles. The van der Waals surface area contributed by atoms with E-state index in [4.69, 9.17) is 14.2 Å². The van der Waals surface area contributed by atoms with E-state index in [-0.39, 0.29) is 37.5 Å². The van der Waals surface area contributed by atoms with E-state index >= 15 is 0 Å². The molecule has 1 atom stereocenters. The van der Waals surface area contributed by atoms with E-state index in [1.165, 1.54) is 96.3 Å². The van der Waals surface area contributed by atoms with Crippen molar-refractivity contribution in [3.63, 3.8) is 0 Å². The number of hydrogen-bond acceptors (Lipinski definition) is 6. The van der Waals surface area contributed by atoms with E-state index in [2.05, 4.69) is 118 Å². The molecule has 6 heteroatoms. The van der Waals surface area contributed by atoms with E-state index in [1.54, 1.807) is 0 Å². The normalized spacial score (nSPS) is 12.8. The molecule has 0 aliphatic carbocycles. The minimum Gasteiger partial charge on any atom is -0.462 e. The van der Waals surface area contributed by atoms with Gasteiger partial charge in [-0.05, 0) is 89.9 Å². The van der Waals surface area contributed by atoms with Gasteiger partial charge in [0, 0.05) is 19.3 Å². The van der Waals surface area contributed by atoms with E-state index < -0.39 is 6.10 Å². The molecule has 382 valence electrons. The second-order valence-electron chi connectivity index (χ2n) is 18.1. The van der Waals surface area contributed by atoms with Crippen molar-refractivity contribution in [1.82, 2.24) is 0 Å². The molecule has 0 aliphatic heterocycles. The van der Waals surface area contributed by atoms with Crippen molar-refractivity contribution in [2.45, 2.75) is 258 Å². The lowest BCUT2D eigenvalue weighted by Crippen LogP contribution is -2.30. The number of allylic oxidation sites excluding steroid dienone is 16. The summed E-state index contributed by atoms with van der Waals surface area (Å²) in [4.78, 5) is 38.1. The third kappa shape index (κ3) is 53.2. The summed E-state index contributed by atoms with van der Waals surface area (Å²) in [7, 11) is 0. The lowest BCUT2D eigenvalue weighted by molar-refractivity contribution is -0.167. The maximum Gasteiger partial charge on any atom is 0.306 e. The van der Waals surface area contributed by atoms with Gasteiger partial charge in [-0.15, -0.1) is 0 Å². The Balaban J connectivity index is 4.49. The predicted octanol–water partition coefficient (Wildman–Crippen LogP) is 18.5. The molecule has 0 aromatic rings. The van der Waals surface area contributed by atoms with Crippen LogP contribution in [-0.4, -0.2) is 37.2 Å². The van der Waals surface area contributed by atoms with Gasteiger partial charge in [0.25, 0.3) is 0 Å². The molecule has 0 N–H and O–H groups in total. The molecule has 0 rings (SSSR count). The number of esters is 3. The van der Waals surface area contributed by atoms with Crippen LogP contribution >= 0.6 is 0 Å². The van der Waals surface area contributed by atoms with Crippen LogP contribution in [0.5, 0.6) is 0 Å². The summed E-state index contributed by atoms with van der Waals surface area (Å²) in [5.41, 5.74) is 0. The molecule has 0 heterocycles. The van der Waals surface area contributed by atoms with Crippen LogP contribution in [0.3, 0.4) is 0 Å². The molecular weight excluding hydrogens is 829 g/mol. The molecule has 0 saturated carbocycles. The Labute approximate surface area is 413 Å². The molecule has 1 unspecified atom stereocenters. The molecule has 0 fully saturated rings. The molecule has 0 saturated heterocycles. The molecule has 0 radical (unpaired) electrons. The third-order valence-electron chi connectivity index (χ3n) is 11.6. The Bertz CT molecular complexity index is 1350. The van der Waals surface area contributed by atoms with Crippen LogP contribution in [0, 0.1) is 0 Å². The number of hydrogen-bond donors (Lipinski definition) is 0. The van der Waals surface area contributed by atoms with E-state index in [9.17, 15) is 14.4 Å². The largest absolute Gasteiger partial charge is 0.462 e. The van der Waals surface area contributed by atoms with Gasteiger partial charge in [0.1, 0.15) is 13.2 Å². The van der Waals surface area contributed by atoms with Gasteiger partial charge in [0.15, 0.2) is 6.10 Å². The van der Waals surface area contributed by atoms with Crippen LogP contribution in [0.1, 0.15) is 252 Å². The number of carbonyl (C=O) groups excluding carboxylic acids is 3. The SMILES string of the molecule is CC/C=C\C/C=C\C/C=C\C/C=C\C/C=C\CCCC(=O)OCC(COC(=O)CCCCCCCCCCCCCCCCCC)OC(=O)CCCCCCCC/C=C\C/C=C\C/C=C\CC. The minimum absolute atomic E-state index is 0.0994. The highest BCUT2D eigenvalue weighted by molar-refractivity contribution is 5.71. The average molecular weight is 931 g/mol. The predicted molar refractivity (Wildman–Crippen MR) is 288 cm³/mol. The van der Waals surface area contributed by atoms with Gasteiger partial charge < -0.3 is 14.2 Å². The molecule has 67 heavy (non-hydrogen) atoms. The summed E-state index contributed by atoms with van der Waals surface area (Å²) in [6, 6.07) is 0. The zero-order valence-corrected chi connectivity index (χ0v) is 43.6. The average Bonchev–Trinajstić information content (AvgIpc) is 3.33. The van der Waals surface area contributed by atoms with Gasteiger partial charge in [-0.2, -0.15) is 0 Å². The summed E-state index contributed by atoms with van der Waals surface area (Å²) >= 11 is 0. The Kier molecular flexibility index (Phi) is 51.9. The molecule has 0 bridgehead atoms.